The molecule has 4 nitrogen and oxygen atoms in total. The van der Waals surface area contributed by atoms with Crippen molar-refractivity contribution in [3.8, 4) is 0 Å². The number of hydrogen-bond donors (Lipinski definition) is 1. The fraction of sp³-hybridized carbons (Fsp3) is 0.462. The summed E-state index contributed by atoms with van der Waals surface area (Å²) in [6, 6.07) is 6.15. The van der Waals surface area contributed by atoms with Gasteiger partial charge >= 0.3 is 0 Å². The molecule has 5 heteroatoms. The molecule has 1 unspecified atom stereocenters. The molecule has 0 bridgehead atoms. The monoisotopic (exact) mass is 265 g/mol. The van der Waals surface area contributed by atoms with Crippen LogP contribution in [-0.4, -0.2) is 23.3 Å². The fourth-order valence-corrected chi connectivity index (χ4v) is 2.49. The third-order valence-electron chi connectivity index (χ3n) is 3.27. The SMILES string of the molecule is COCC(N)c1nc2cc(Cl)ccc2n1C1CC1. The summed E-state index contributed by atoms with van der Waals surface area (Å²) < 4.78 is 7.37. The van der Waals surface area contributed by atoms with E-state index in [0.29, 0.717) is 17.7 Å². The van der Waals surface area contributed by atoms with E-state index in [-0.39, 0.29) is 6.04 Å². The van der Waals surface area contributed by atoms with Crippen molar-refractivity contribution in [3.63, 3.8) is 0 Å². The zero-order valence-corrected chi connectivity index (χ0v) is 11.0. The number of benzene rings is 1. The van der Waals surface area contributed by atoms with Crippen LogP contribution in [0.25, 0.3) is 11.0 Å². The minimum atomic E-state index is -0.193. The molecule has 1 heterocycles. The largest absolute Gasteiger partial charge is 0.383 e. The number of nitrogens with zero attached hydrogens (tertiary/aromatic N) is 2. The topological polar surface area (TPSA) is 53.1 Å². The highest BCUT2D eigenvalue weighted by Gasteiger charge is 2.30. The minimum Gasteiger partial charge on any atom is -0.383 e. The zero-order chi connectivity index (χ0) is 12.7. The van der Waals surface area contributed by atoms with Crippen molar-refractivity contribution < 1.29 is 4.74 Å². The number of methoxy groups -OCH3 is 1. The van der Waals surface area contributed by atoms with Gasteiger partial charge in [-0.2, -0.15) is 0 Å². The van der Waals surface area contributed by atoms with Gasteiger partial charge in [-0.3, -0.25) is 0 Å². The highest BCUT2D eigenvalue weighted by molar-refractivity contribution is 6.31. The van der Waals surface area contributed by atoms with Gasteiger partial charge in [0.05, 0.1) is 23.7 Å². The van der Waals surface area contributed by atoms with E-state index < -0.39 is 0 Å². The highest BCUT2D eigenvalue weighted by Crippen LogP contribution is 2.40. The van der Waals surface area contributed by atoms with Crippen LogP contribution in [0.5, 0.6) is 0 Å². The predicted molar refractivity (Wildman–Crippen MR) is 71.8 cm³/mol. The number of imidazole rings is 1. The van der Waals surface area contributed by atoms with Crippen molar-refractivity contribution >= 4 is 22.6 Å². The van der Waals surface area contributed by atoms with Crippen molar-refractivity contribution in [2.75, 3.05) is 13.7 Å². The lowest BCUT2D eigenvalue weighted by molar-refractivity contribution is 0.177. The molecule has 0 amide bonds. The molecule has 96 valence electrons. The van der Waals surface area contributed by atoms with E-state index in [1.54, 1.807) is 7.11 Å². The van der Waals surface area contributed by atoms with Gasteiger partial charge in [0.25, 0.3) is 0 Å². The maximum atomic E-state index is 6.13. The average Bonchev–Trinajstić information content (AvgIpc) is 3.10. The van der Waals surface area contributed by atoms with Crippen LogP contribution < -0.4 is 5.73 Å². The van der Waals surface area contributed by atoms with Gasteiger partial charge < -0.3 is 15.0 Å². The number of fused-ring (bicyclic) bond motifs is 1. The number of aromatic nitrogens is 2. The molecule has 1 fully saturated rings. The number of hydrogen-bond acceptors (Lipinski definition) is 3. The Labute approximate surface area is 111 Å². The van der Waals surface area contributed by atoms with Crippen LogP contribution in [0.15, 0.2) is 18.2 Å². The zero-order valence-electron chi connectivity index (χ0n) is 10.3. The van der Waals surface area contributed by atoms with Crippen LogP contribution in [0.4, 0.5) is 0 Å². The van der Waals surface area contributed by atoms with Gasteiger partial charge in [0.1, 0.15) is 5.82 Å². The first-order valence-corrected chi connectivity index (χ1v) is 6.50. The van der Waals surface area contributed by atoms with Crippen molar-refractivity contribution in [3.05, 3.63) is 29.0 Å². The average molecular weight is 266 g/mol. The molecule has 0 spiro atoms. The molecule has 1 saturated carbocycles. The predicted octanol–water partition coefficient (Wildman–Crippen LogP) is 2.67. The summed E-state index contributed by atoms with van der Waals surface area (Å²) in [7, 11) is 1.65. The second-order valence-corrected chi connectivity index (χ2v) is 5.20. The van der Waals surface area contributed by atoms with Crippen molar-refractivity contribution in [1.29, 1.82) is 0 Å². The summed E-state index contributed by atoms with van der Waals surface area (Å²) in [6.45, 7) is 0.476. The Morgan fingerprint density at radius 3 is 3.00 bits per heavy atom. The second kappa shape index (κ2) is 4.53. The van der Waals surface area contributed by atoms with Gasteiger partial charge in [-0.15, -0.1) is 0 Å². The maximum absolute atomic E-state index is 6.13. The standard InChI is InChI=1S/C13H16ClN3O/c1-18-7-10(15)13-16-11-6-8(14)2-5-12(11)17(13)9-3-4-9/h2,5-6,9-10H,3-4,7,15H2,1H3. The number of nitrogens with two attached hydrogens (primary N) is 1. The van der Waals surface area contributed by atoms with Gasteiger partial charge in [0, 0.05) is 18.2 Å². The lowest BCUT2D eigenvalue weighted by Gasteiger charge is -2.13. The molecule has 2 N–H and O–H groups in total. The number of halogens is 1. The van der Waals surface area contributed by atoms with E-state index in [0.717, 1.165) is 16.9 Å². The smallest absolute Gasteiger partial charge is 0.129 e. The molecule has 1 atom stereocenters. The lowest BCUT2D eigenvalue weighted by Crippen LogP contribution is -2.20. The van der Waals surface area contributed by atoms with E-state index in [9.17, 15) is 0 Å². The molecule has 0 aliphatic heterocycles. The molecule has 0 radical (unpaired) electrons. The van der Waals surface area contributed by atoms with Crippen molar-refractivity contribution in [2.45, 2.75) is 24.9 Å². The Bertz CT molecular complexity index is 577. The van der Waals surface area contributed by atoms with Crippen LogP contribution in [0, 0.1) is 0 Å². The summed E-state index contributed by atoms with van der Waals surface area (Å²) in [4.78, 5) is 4.63. The fourth-order valence-electron chi connectivity index (χ4n) is 2.32. The molecule has 1 aliphatic rings. The van der Waals surface area contributed by atoms with Crippen LogP contribution in [-0.2, 0) is 4.74 Å². The molecule has 1 aliphatic carbocycles. The quantitative estimate of drug-likeness (QED) is 0.925. The van der Waals surface area contributed by atoms with E-state index in [1.807, 2.05) is 18.2 Å². The first kappa shape index (κ1) is 12.0. The number of ether oxygens (including phenoxy) is 1. The molecule has 1 aromatic heterocycles. The van der Waals surface area contributed by atoms with Crippen molar-refractivity contribution in [1.82, 2.24) is 9.55 Å². The molecule has 2 aromatic rings. The summed E-state index contributed by atoms with van der Waals surface area (Å²) in [5, 5.41) is 0.704. The first-order chi connectivity index (χ1) is 8.70. The third kappa shape index (κ3) is 2.00. The van der Waals surface area contributed by atoms with Crippen LogP contribution in [0.2, 0.25) is 5.02 Å². The molecular formula is C13H16ClN3O. The van der Waals surface area contributed by atoms with E-state index in [1.165, 1.54) is 12.8 Å². The summed E-state index contributed by atoms with van der Waals surface area (Å²) >= 11 is 6.01. The Kier molecular flexibility index (Phi) is 3.01. The van der Waals surface area contributed by atoms with E-state index in [4.69, 9.17) is 22.1 Å². The maximum Gasteiger partial charge on any atom is 0.129 e. The van der Waals surface area contributed by atoms with Crippen LogP contribution >= 0.6 is 11.6 Å². The van der Waals surface area contributed by atoms with E-state index in [2.05, 4.69) is 9.55 Å². The molecule has 0 saturated heterocycles. The molecule has 1 aromatic carbocycles. The molecular weight excluding hydrogens is 250 g/mol. The van der Waals surface area contributed by atoms with Crippen molar-refractivity contribution in [2.24, 2.45) is 5.73 Å². The second-order valence-electron chi connectivity index (χ2n) is 4.77. The Morgan fingerprint density at radius 2 is 2.33 bits per heavy atom. The summed E-state index contributed by atoms with van der Waals surface area (Å²) in [5.41, 5.74) is 8.16. The minimum absolute atomic E-state index is 0.193. The summed E-state index contributed by atoms with van der Waals surface area (Å²) in [5.74, 6) is 0.900. The van der Waals surface area contributed by atoms with Crippen LogP contribution in [0.1, 0.15) is 30.7 Å². The van der Waals surface area contributed by atoms with Gasteiger partial charge in [0.15, 0.2) is 0 Å². The van der Waals surface area contributed by atoms with Gasteiger partial charge in [-0.25, -0.2) is 4.98 Å². The molecule has 3 rings (SSSR count). The first-order valence-electron chi connectivity index (χ1n) is 6.12. The Hall–Kier alpha value is -1.10. The normalized spacial score (nSPS) is 17.3. The van der Waals surface area contributed by atoms with Gasteiger partial charge in [-0.1, -0.05) is 11.6 Å². The number of rotatable bonds is 4. The molecule has 18 heavy (non-hydrogen) atoms. The Balaban J connectivity index is 2.14. The van der Waals surface area contributed by atoms with Gasteiger partial charge in [0.2, 0.25) is 0 Å². The van der Waals surface area contributed by atoms with E-state index >= 15 is 0 Å². The highest BCUT2D eigenvalue weighted by atomic mass is 35.5. The third-order valence-corrected chi connectivity index (χ3v) is 3.50. The summed E-state index contributed by atoms with van der Waals surface area (Å²) in [6.07, 6.45) is 2.39. The van der Waals surface area contributed by atoms with Crippen LogP contribution in [0.3, 0.4) is 0 Å². The van der Waals surface area contributed by atoms with Gasteiger partial charge in [-0.05, 0) is 31.0 Å². The Morgan fingerprint density at radius 1 is 1.56 bits per heavy atom. The lowest BCUT2D eigenvalue weighted by atomic mass is 10.3.